The van der Waals surface area contributed by atoms with E-state index in [1.165, 1.54) is 4.88 Å². The van der Waals surface area contributed by atoms with Gasteiger partial charge in [-0.05, 0) is 43.0 Å². The summed E-state index contributed by atoms with van der Waals surface area (Å²) in [7, 11) is 0. The van der Waals surface area contributed by atoms with E-state index in [1.807, 2.05) is 38.1 Å². The lowest BCUT2D eigenvalue weighted by molar-refractivity contribution is 0.687. The number of nitrogens with one attached hydrogen (secondary N) is 1. The summed E-state index contributed by atoms with van der Waals surface area (Å²) < 4.78 is 0. The molecule has 0 aliphatic rings. The molecule has 0 spiro atoms. The fraction of sp³-hybridized carbons (Fsp3) is 0.267. The first-order valence-electron chi connectivity index (χ1n) is 5.90. The Hall–Kier alpha value is -1.79. The van der Waals surface area contributed by atoms with Gasteiger partial charge in [0, 0.05) is 17.1 Å². The smallest absolute Gasteiger partial charge is 0.0766 e. The molecule has 0 bridgehead atoms. The van der Waals surface area contributed by atoms with Crippen LogP contribution >= 0.6 is 11.3 Å². The lowest BCUT2D eigenvalue weighted by Crippen LogP contribution is -2.13. The Kier molecular flexibility index (Phi) is 3.69. The van der Waals surface area contributed by atoms with E-state index in [1.54, 1.807) is 11.3 Å². The third kappa shape index (κ3) is 2.91. The lowest BCUT2D eigenvalue weighted by Gasteiger charge is -2.16. The fourth-order valence-corrected chi connectivity index (χ4v) is 2.32. The Morgan fingerprint density at radius 1 is 1.22 bits per heavy atom. The molecule has 1 heterocycles. The van der Waals surface area contributed by atoms with Gasteiger partial charge < -0.3 is 5.32 Å². The number of hydrogen-bond acceptors (Lipinski definition) is 3. The number of anilines is 1. The molecule has 0 unspecified atom stereocenters. The van der Waals surface area contributed by atoms with E-state index < -0.39 is 5.41 Å². The zero-order valence-corrected chi connectivity index (χ0v) is 11.4. The number of benzene rings is 1. The zero-order valence-electron chi connectivity index (χ0n) is 10.6. The van der Waals surface area contributed by atoms with Crippen LogP contribution < -0.4 is 5.32 Å². The molecule has 2 rings (SSSR count). The van der Waals surface area contributed by atoms with Crippen LogP contribution in [0, 0.1) is 11.3 Å². The van der Waals surface area contributed by atoms with Crippen molar-refractivity contribution in [2.45, 2.75) is 25.8 Å². The minimum Gasteiger partial charge on any atom is -0.380 e. The third-order valence-electron chi connectivity index (χ3n) is 2.93. The second kappa shape index (κ2) is 5.24. The summed E-state index contributed by atoms with van der Waals surface area (Å²) in [6.45, 7) is 4.71. The molecule has 3 heteroatoms. The van der Waals surface area contributed by atoms with Crippen molar-refractivity contribution in [1.82, 2.24) is 0 Å². The highest BCUT2D eigenvalue weighted by molar-refractivity contribution is 7.09. The molecule has 0 saturated carbocycles. The predicted molar refractivity (Wildman–Crippen MR) is 76.7 cm³/mol. The Balaban J connectivity index is 2.02. The number of nitriles is 1. The van der Waals surface area contributed by atoms with Gasteiger partial charge in [-0.1, -0.05) is 18.2 Å². The fourth-order valence-electron chi connectivity index (χ4n) is 1.67. The molecule has 0 atom stereocenters. The molecular weight excluding hydrogens is 240 g/mol. The molecule has 0 aliphatic heterocycles. The zero-order chi connectivity index (χ0) is 13.0. The summed E-state index contributed by atoms with van der Waals surface area (Å²) >= 11 is 1.75. The molecule has 1 aromatic heterocycles. The molecule has 0 amide bonds. The van der Waals surface area contributed by atoms with Crippen molar-refractivity contribution >= 4 is 17.0 Å². The van der Waals surface area contributed by atoms with Crippen molar-refractivity contribution in [2.75, 3.05) is 5.32 Å². The Morgan fingerprint density at radius 3 is 2.50 bits per heavy atom. The minimum absolute atomic E-state index is 0.424. The van der Waals surface area contributed by atoms with E-state index in [4.69, 9.17) is 5.26 Å². The SMILES string of the molecule is CC(C)(C#N)c1ccc(NCc2cccs2)cc1. The van der Waals surface area contributed by atoms with Crippen LogP contribution in [-0.2, 0) is 12.0 Å². The van der Waals surface area contributed by atoms with Gasteiger partial charge in [0.05, 0.1) is 11.5 Å². The van der Waals surface area contributed by atoms with Crippen LogP contribution in [0.1, 0.15) is 24.3 Å². The monoisotopic (exact) mass is 256 g/mol. The average Bonchev–Trinajstić information content (AvgIpc) is 2.90. The normalized spacial score (nSPS) is 10.9. The molecule has 0 saturated heterocycles. The molecule has 18 heavy (non-hydrogen) atoms. The quantitative estimate of drug-likeness (QED) is 0.891. The van der Waals surface area contributed by atoms with Gasteiger partial charge in [-0.25, -0.2) is 0 Å². The van der Waals surface area contributed by atoms with Gasteiger partial charge in [0.25, 0.3) is 0 Å². The molecule has 92 valence electrons. The van der Waals surface area contributed by atoms with E-state index >= 15 is 0 Å². The molecule has 0 aliphatic carbocycles. The summed E-state index contributed by atoms with van der Waals surface area (Å²) in [6, 6.07) is 14.6. The van der Waals surface area contributed by atoms with E-state index in [0.29, 0.717) is 0 Å². The Morgan fingerprint density at radius 2 is 1.94 bits per heavy atom. The molecule has 2 aromatic rings. The topological polar surface area (TPSA) is 35.8 Å². The Bertz CT molecular complexity index is 533. The molecule has 2 nitrogen and oxygen atoms in total. The van der Waals surface area contributed by atoms with Crippen LogP contribution in [0.5, 0.6) is 0 Å². The number of nitrogens with zero attached hydrogens (tertiary/aromatic N) is 1. The molecule has 0 radical (unpaired) electrons. The second-order valence-corrected chi connectivity index (χ2v) is 5.78. The van der Waals surface area contributed by atoms with Gasteiger partial charge in [-0.3, -0.25) is 0 Å². The highest BCUT2D eigenvalue weighted by Crippen LogP contribution is 2.23. The lowest BCUT2D eigenvalue weighted by atomic mass is 9.86. The first-order valence-corrected chi connectivity index (χ1v) is 6.78. The maximum absolute atomic E-state index is 9.08. The van der Waals surface area contributed by atoms with Crippen molar-refractivity contribution < 1.29 is 0 Å². The van der Waals surface area contributed by atoms with E-state index in [0.717, 1.165) is 17.8 Å². The minimum atomic E-state index is -0.424. The van der Waals surface area contributed by atoms with Crippen molar-refractivity contribution in [1.29, 1.82) is 5.26 Å². The highest BCUT2D eigenvalue weighted by Gasteiger charge is 2.18. The van der Waals surface area contributed by atoms with Crippen molar-refractivity contribution in [3.05, 3.63) is 52.2 Å². The number of hydrogen-bond donors (Lipinski definition) is 1. The number of thiophene rings is 1. The van der Waals surface area contributed by atoms with E-state index in [9.17, 15) is 0 Å². The van der Waals surface area contributed by atoms with Gasteiger partial charge in [-0.2, -0.15) is 5.26 Å². The molecule has 1 aromatic carbocycles. The van der Waals surface area contributed by atoms with Crippen molar-refractivity contribution in [3.63, 3.8) is 0 Å². The third-order valence-corrected chi connectivity index (χ3v) is 3.81. The van der Waals surface area contributed by atoms with Crippen LogP contribution in [-0.4, -0.2) is 0 Å². The van der Waals surface area contributed by atoms with Gasteiger partial charge >= 0.3 is 0 Å². The highest BCUT2D eigenvalue weighted by atomic mass is 32.1. The maximum atomic E-state index is 9.08. The van der Waals surface area contributed by atoms with Crippen molar-refractivity contribution in [3.8, 4) is 6.07 Å². The molecule has 0 fully saturated rings. The van der Waals surface area contributed by atoms with Gasteiger partial charge in [-0.15, -0.1) is 11.3 Å². The van der Waals surface area contributed by atoms with Crippen LogP contribution in [0.2, 0.25) is 0 Å². The first-order chi connectivity index (χ1) is 8.62. The Labute approximate surface area is 112 Å². The van der Waals surface area contributed by atoms with Gasteiger partial charge in [0.15, 0.2) is 0 Å². The van der Waals surface area contributed by atoms with Crippen molar-refractivity contribution in [2.24, 2.45) is 0 Å². The van der Waals surface area contributed by atoms with E-state index in [-0.39, 0.29) is 0 Å². The van der Waals surface area contributed by atoms with Gasteiger partial charge in [0.1, 0.15) is 0 Å². The molecule has 1 N–H and O–H groups in total. The van der Waals surface area contributed by atoms with Crippen LogP contribution in [0.25, 0.3) is 0 Å². The average molecular weight is 256 g/mol. The first kappa shape index (κ1) is 12.7. The summed E-state index contributed by atoms with van der Waals surface area (Å²) in [6.07, 6.45) is 0. The van der Waals surface area contributed by atoms with Crippen LogP contribution in [0.15, 0.2) is 41.8 Å². The van der Waals surface area contributed by atoms with Crippen LogP contribution in [0.4, 0.5) is 5.69 Å². The second-order valence-electron chi connectivity index (χ2n) is 4.75. The summed E-state index contributed by atoms with van der Waals surface area (Å²) in [5, 5.41) is 14.5. The number of rotatable bonds is 4. The maximum Gasteiger partial charge on any atom is 0.0766 e. The largest absolute Gasteiger partial charge is 0.380 e. The molecular formula is C15H16N2S. The standard InChI is InChI=1S/C15H16N2S/c1-15(2,11-16)12-5-7-13(8-6-12)17-10-14-4-3-9-18-14/h3-9,17H,10H2,1-2H3. The van der Waals surface area contributed by atoms with Crippen LogP contribution in [0.3, 0.4) is 0 Å². The summed E-state index contributed by atoms with van der Waals surface area (Å²) in [4.78, 5) is 1.32. The summed E-state index contributed by atoms with van der Waals surface area (Å²) in [5.41, 5.74) is 1.71. The summed E-state index contributed by atoms with van der Waals surface area (Å²) in [5.74, 6) is 0. The predicted octanol–water partition coefficient (Wildman–Crippen LogP) is 4.16. The van der Waals surface area contributed by atoms with E-state index in [2.05, 4.69) is 28.9 Å². The van der Waals surface area contributed by atoms with Gasteiger partial charge in [0.2, 0.25) is 0 Å².